The van der Waals surface area contributed by atoms with Gasteiger partial charge >= 0.3 is 0 Å². The minimum atomic E-state index is 0.382. The smallest absolute Gasteiger partial charge is 0.149 e. The first-order valence-corrected chi connectivity index (χ1v) is 5.25. The standard InChI is InChI=1S/C10H16ClN3/c1-4-7(2)8(3)13-10-6-12-5-9(11)14-10/h5-8H,4H2,1-3H3,(H,13,14). The quantitative estimate of drug-likeness (QED) is 0.836. The zero-order valence-electron chi connectivity index (χ0n) is 8.79. The van der Waals surface area contributed by atoms with Crippen molar-refractivity contribution in [2.75, 3.05) is 5.32 Å². The molecule has 0 saturated carbocycles. The molecule has 0 bridgehead atoms. The van der Waals surface area contributed by atoms with E-state index in [1.165, 1.54) is 6.20 Å². The molecule has 14 heavy (non-hydrogen) atoms. The highest BCUT2D eigenvalue weighted by atomic mass is 35.5. The Labute approximate surface area is 89.9 Å². The van der Waals surface area contributed by atoms with Crippen molar-refractivity contribution in [3.8, 4) is 0 Å². The van der Waals surface area contributed by atoms with Gasteiger partial charge in [-0.3, -0.25) is 4.98 Å². The summed E-state index contributed by atoms with van der Waals surface area (Å²) in [6, 6.07) is 0.382. The molecule has 1 heterocycles. The summed E-state index contributed by atoms with van der Waals surface area (Å²) in [6.07, 6.45) is 4.35. The maximum Gasteiger partial charge on any atom is 0.149 e. The van der Waals surface area contributed by atoms with Gasteiger partial charge in [-0.25, -0.2) is 4.98 Å². The number of aromatic nitrogens is 2. The molecule has 3 nitrogen and oxygen atoms in total. The summed E-state index contributed by atoms with van der Waals surface area (Å²) in [5, 5.41) is 3.70. The molecular weight excluding hydrogens is 198 g/mol. The van der Waals surface area contributed by atoms with Crippen LogP contribution in [0.2, 0.25) is 5.15 Å². The SMILES string of the molecule is CCC(C)C(C)Nc1cncc(Cl)n1. The van der Waals surface area contributed by atoms with Crippen molar-refractivity contribution < 1.29 is 0 Å². The van der Waals surface area contributed by atoms with E-state index in [0.29, 0.717) is 17.1 Å². The van der Waals surface area contributed by atoms with Crippen LogP contribution in [0.1, 0.15) is 27.2 Å². The van der Waals surface area contributed by atoms with E-state index in [1.54, 1.807) is 6.20 Å². The van der Waals surface area contributed by atoms with E-state index in [-0.39, 0.29) is 0 Å². The highest BCUT2D eigenvalue weighted by molar-refractivity contribution is 6.29. The molecule has 1 N–H and O–H groups in total. The number of hydrogen-bond donors (Lipinski definition) is 1. The molecule has 0 aromatic carbocycles. The number of nitrogens with zero attached hydrogens (tertiary/aromatic N) is 2. The van der Waals surface area contributed by atoms with Crippen LogP contribution in [0, 0.1) is 5.92 Å². The zero-order chi connectivity index (χ0) is 10.6. The van der Waals surface area contributed by atoms with E-state index in [1.807, 2.05) is 0 Å². The molecule has 0 saturated heterocycles. The minimum absolute atomic E-state index is 0.382. The molecule has 1 rings (SSSR count). The Morgan fingerprint density at radius 1 is 1.43 bits per heavy atom. The summed E-state index contributed by atoms with van der Waals surface area (Å²) in [6.45, 7) is 6.51. The topological polar surface area (TPSA) is 37.8 Å². The van der Waals surface area contributed by atoms with Gasteiger partial charge in [0.15, 0.2) is 0 Å². The average Bonchev–Trinajstić information content (AvgIpc) is 2.16. The molecule has 0 aliphatic carbocycles. The molecular formula is C10H16ClN3. The van der Waals surface area contributed by atoms with E-state index in [2.05, 4.69) is 36.1 Å². The second kappa shape index (κ2) is 5.15. The normalized spacial score (nSPS) is 14.9. The zero-order valence-corrected chi connectivity index (χ0v) is 9.54. The van der Waals surface area contributed by atoms with Crippen LogP contribution in [0.4, 0.5) is 5.82 Å². The van der Waals surface area contributed by atoms with Crippen molar-refractivity contribution in [1.82, 2.24) is 9.97 Å². The van der Waals surface area contributed by atoms with Gasteiger partial charge in [0.1, 0.15) is 11.0 Å². The predicted octanol–water partition coefficient (Wildman–Crippen LogP) is 2.98. The van der Waals surface area contributed by atoms with Crippen molar-refractivity contribution >= 4 is 17.4 Å². The number of anilines is 1. The van der Waals surface area contributed by atoms with Crippen LogP contribution in [-0.2, 0) is 0 Å². The summed E-state index contributed by atoms with van der Waals surface area (Å²) in [7, 11) is 0. The van der Waals surface area contributed by atoms with Crippen molar-refractivity contribution in [2.24, 2.45) is 5.92 Å². The lowest BCUT2D eigenvalue weighted by molar-refractivity contribution is 0.493. The number of nitrogens with one attached hydrogen (secondary N) is 1. The van der Waals surface area contributed by atoms with Gasteiger partial charge in [0, 0.05) is 6.04 Å². The molecule has 0 radical (unpaired) electrons. The van der Waals surface area contributed by atoms with Crippen molar-refractivity contribution in [1.29, 1.82) is 0 Å². The van der Waals surface area contributed by atoms with Crippen LogP contribution < -0.4 is 5.32 Å². The number of rotatable bonds is 4. The lowest BCUT2D eigenvalue weighted by atomic mass is 10.0. The summed E-state index contributed by atoms with van der Waals surface area (Å²) in [4.78, 5) is 8.09. The molecule has 0 aliphatic rings. The second-order valence-electron chi connectivity index (χ2n) is 3.55. The lowest BCUT2D eigenvalue weighted by Gasteiger charge is -2.20. The van der Waals surface area contributed by atoms with Gasteiger partial charge < -0.3 is 5.32 Å². The van der Waals surface area contributed by atoms with Crippen molar-refractivity contribution in [2.45, 2.75) is 33.2 Å². The van der Waals surface area contributed by atoms with Crippen LogP contribution >= 0.6 is 11.6 Å². The fraction of sp³-hybridized carbons (Fsp3) is 0.600. The summed E-state index contributed by atoms with van der Waals surface area (Å²) in [5.41, 5.74) is 0. The third-order valence-electron chi connectivity index (χ3n) is 2.48. The monoisotopic (exact) mass is 213 g/mol. The van der Waals surface area contributed by atoms with Crippen LogP contribution in [0.3, 0.4) is 0 Å². The van der Waals surface area contributed by atoms with E-state index in [4.69, 9.17) is 11.6 Å². The molecule has 1 aromatic heterocycles. The van der Waals surface area contributed by atoms with Gasteiger partial charge in [-0.15, -0.1) is 0 Å². The number of halogens is 1. The van der Waals surface area contributed by atoms with Gasteiger partial charge in [-0.05, 0) is 12.8 Å². The molecule has 0 aliphatic heterocycles. The summed E-state index contributed by atoms with van der Waals surface area (Å²) < 4.78 is 0. The third kappa shape index (κ3) is 3.14. The largest absolute Gasteiger partial charge is 0.366 e. The van der Waals surface area contributed by atoms with Gasteiger partial charge in [0.05, 0.1) is 12.4 Å². The third-order valence-corrected chi connectivity index (χ3v) is 2.66. The van der Waals surface area contributed by atoms with Crippen molar-refractivity contribution in [3.05, 3.63) is 17.5 Å². The van der Waals surface area contributed by atoms with Crippen LogP contribution in [0.5, 0.6) is 0 Å². The summed E-state index contributed by atoms with van der Waals surface area (Å²) >= 11 is 5.73. The molecule has 78 valence electrons. The first-order valence-electron chi connectivity index (χ1n) is 4.87. The van der Waals surface area contributed by atoms with Crippen LogP contribution in [0.15, 0.2) is 12.4 Å². The van der Waals surface area contributed by atoms with Crippen LogP contribution in [-0.4, -0.2) is 16.0 Å². The maximum atomic E-state index is 5.73. The van der Waals surface area contributed by atoms with E-state index < -0.39 is 0 Å². The first kappa shape index (κ1) is 11.2. The summed E-state index contributed by atoms with van der Waals surface area (Å²) in [5.74, 6) is 1.35. The Morgan fingerprint density at radius 3 is 2.71 bits per heavy atom. The lowest BCUT2D eigenvalue weighted by Crippen LogP contribution is -2.23. The Bertz CT molecular complexity index is 290. The molecule has 2 unspecified atom stereocenters. The molecule has 1 aromatic rings. The fourth-order valence-corrected chi connectivity index (χ4v) is 1.29. The second-order valence-corrected chi connectivity index (χ2v) is 3.93. The average molecular weight is 214 g/mol. The fourth-order valence-electron chi connectivity index (χ4n) is 1.14. The molecule has 4 heteroatoms. The Kier molecular flexibility index (Phi) is 4.14. The van der Waals surface area contributed by atoms with E-state index in [0.717, 1.165) is 12.2 Å². The van der Waals surface area contributed by atoms with E-state index in [9.17, 15) is 0 Å². The predicted molar refractivity (Wildman–Crippen MR) is 59.6 cm³/mol. The molecule has 0 fully saturated rings. The van der Waals surface area contributed by atoms with Gasteiger partial charge in [0.2, 0.25) is 0 Å². The Balaban J connectivity index is 2.60. The van der Waals surface area contributed by atoms with Gasteiger partial charge in [-0.2, -0.15) is 0 Å². The number of hydrogen-bond acceptors (Lipinski definition) is 3. The van der Waals surface area contributed by atoms with Gasteiger partial charge in [0.25, 0.3) is 0 Å². The Hall–Kier alpha value is -0.830. The van der Waals surface area contributed by atoms with Crippen molar-refractivity contribution in [3.63, 3.8) is 0 Å². The molecule has 0 amide bonds. The Morgan fingerprint density at radius 2 is 2.14 bits per heavy atom. The van der Waals surface area contributed by atoms with Crippen LogP contribution in [0.25, 0.3) is 0 Å². The molecule has 2 atom stereocenters. The highest BCUT2D eigenvalue weighted by Gasteiger charge is 2.10. The highest BCUT2D eigenvalue weighted by Crippen LogP contribution is 2.13. The minimum Gasteiger partial charge on any atom is -0.366 e. The first-order chi connectivity index (χ1) is 6.63. The maximum absolute atomic E-state index is 5.73. The van der Waals surface area contributed by atoms with E-state index >= 15 is 0 Å². The molecule has 0 spiro atoms. The van der Waals surface area contributed by atoms with Gasteiger partial charge in [-0.1, -0.05) is 31.9 Å².